The van der Waals surface area contributed by atoms with Gasteiger partial charge in [-0.3, -0.25) is 4.79 Å². The van der Waals surface area contributed by atoms with Crippen LogP contribution < -0.4 is 16.3 Å². The molecule has 1 amide bonds. The van der Waals surface area contributed by atoms with Gasteiger partial charge >= 0.3 is 0 Å². The van der Waals surface area contributed by atoms with Gasteiger partial charge in [-0.1, -0.05) is 26.2 Å². The number of rotatable bonds is 1. The average Bonchev–Trinajstić information content (AvgIpc) is 2.73. The van der Waals surface area contributed by atoms with Crippen molar-refractivity contribution >= 4 is 5.91 Å². The highest BCUT2D eigenvalue weighted by Gasteiger charge is 2.37. The van der Waals surface area contributed by atoms with Crippen molar-refractivity contribution in [3.63, 3.8) is 0 Å². The molecule has 3 N–H and O–H groups in total. The molecule has 0 aromatic heterocycles. The fourth-order valence-electron chi connectivity index (χ4n) is 3.20. The smallest absolute Gasteiger partial charge is 0.243 e. The molecule has 0 spiro atoms. The molecule has 0 aromatic rings. The second kappa shape index (κ2) is 5.25. The Labute approximate surface area is 114 Å². The topological polar surface area (TPSA) is 56.4 Å². The van der Waals surface area contributed by atoms with Crippen molar-refractivity contribution in [3.8, 4) is 0 Å². The first-order valence-electron chi connectivity index (χ1n) is 7.23. The van der Waals surface area contributed by atoms with E-state index >= 15 is 0 Å². The minimum absolute atomic E-state index is 0.0870. The number of nitrogens with zero attached hydrogens (tertiary/aromatic N) is 1. The van der Waals surface area contributed by atoms with Gasteiger partial charge in [-0.05, 0) is 37.1 Å². The molecule has 0 bridgehead atoms. The molecule has 1 aliphatic carbocycles. The first-order chi connectivity index (χ1) is 9.25. The SMILES string of the molecule is CC1CCCCC(C(=O)N2NNC3=CC=CNC32)C1. The van der Waals surface area contributed by atoms with Gasteiger partial charge in [-0.25, -0.2) is 5.01 Å². The van der Waals surface area contributed by atoms with Crippen molar-refractivity contribution in [2.24, 2.45) is 11.8 Å². The maximum Gasteiger partial charge on any atom is 0.243 e. The normalized spacial score (nSPS) is 33.8. The number of dihydropyridines is 1. The van der Waals surface area contributed by atoms with Crippen molar-refractivity contribution < 1.29 is 4.79 Å². The number of carbonyl (C=O) groups is 1. The largest absolute Gasteiger partial charge is 0.365 e. The number of amides is 1. The third-order valence-electron chi connectivity index (χ3n) is 4.27. The molecule has 1 saturated carbocycles. The van der Waals surface area contributed by atoms with Crippen LogP contribution in [0.1, 0.15) is 39.0 Å². The van der Waals surface area contributed by atoms with Crippen LogP contribution in [0.2, 0.25) is 0 Å². The average molecular weight is 262 g/mol. The Morgan fingerprint density at radius 1 is 1.37 bits per heavy atom. The zero-order valence-corrected chi connectivity index (χ0v) is 11.4. The van der Waals surface area contributed by atoms with E-state index in [9.17, 15) is 4.79 Å². The van der Waals surface area contributed by atoms with Crippen molar-refractivity contribution in [1.29, 1.82) is 0 Å². The van der Waals surface area contributed by atoms with Crippen LogP contribution in [-0.2, 0) is 4.79 Å². The minimum Gasteiger partial charge on any atom is -0.365 e. The Kier molecular flexibility index (Phi) is 3.46. The molecule has 3 atom stereocenters. The number of carbonyl (C=O) groups excluding carboxylic acids is 1. The quantitative estimate of drug-likeness (QED) is 0.625. The Hall–Kier alpha value is -1.49. The Morgan fingerprint density at radius 3 is 3.11 bits per heavy atom. The van der Waals surface area contributed by atoms with E-state index < -0.39 is 0 Å². The number of fused-ring (bicyclic) bond motifs is 1. The summed E-state index contributed by atoms with van der Waals surface area (Å²) in [4.78, 5) is 12.7. The third-order valence-corrected chi connectivity index (χ3v) is 4.27. The van der Waals surface area contributed by atoms with E-state index in [4.69, 9.17) is 0 Å². The molecule has 5 nitrogen and oxygen atoms in total. The lowest BCUT2D eigenvalue weighted by Crippen LogP contribution is -2.51. The van der Waals surface area contributed by atoms with E-state index in [1.54, 1.807) is 5.01 Å². The number of allylic oxidation sites excluding steroid dienone is 2. The molecule has 3 rings (SSSR count). The van der Waals surface area contributed by atoms with Crippen LogP contribution in [0.4, 0.5) is 0 Å². The highest BCUT2D eigenvalue weighted by molar-refractivity contribution is 5.79. The van der Waals surface area contributed by atoms with E-state index in [1.807, 2.05) is 18.4 Å². The molecule has 104 valence electrons. The summed E-state index contributed by atoms with van der Waals surface area (Å²) in [6.07, 6.45) is 11.4. The second-order valence-corrected chi connectivity index (χ2v) is 5.82. The first kappa shape index (κ1) is 12.5. The monoisotopic (exact) mass is 262 g/mol. The molecule has 2 aliphatic heterocycles. The summed E-state index contributed by atoms with van der Waals surface area (Å²) in [5.74, 6) is 1.01. The lowest BCUT2D eigenvalue weighted by Gasteiger charge is -2.28. The zero-order chi connectivity index (χ0) is 13.2. The van der Waals surface area contributed by atoms with Crippen molar-refractivity contribution in [1.82, 2.24) is 21.3 Å². The Morgan fingerprint density at radius 2 is 2.21 bits per heavy atom. The maximum atomic E-state index is 12.7. The number of hydrazine groups is 2. The summed E-state index contributed by atoms with van der Waals surface area (Å²) in [6, 6.07) is 0. The molecule has 1 saturated heterocycles. The molecule has 2 heterocycles. The van der Waals surface area contributed by atoms with E-state index in [2.05, 4.69) is 23.2 Å². The van der Waals surface area contributed by atoms with Gasteiger partial charge in [0.1, 0.15) is 0 Å². The number of hydrogen-bond acceptors (Lipinski definition) is 4. The number of nitrogens with one attached hydrogen (secondary N) is 3. The summed E-state index contributed by atoms with van der Waals surface area (Å²) < 4.78 is 0. The van der Waals surface area contributed by atoms with Crippen molar-refractivity contribution in [2.75, 3.05) is 0 Å². The summed E-state index contributed by atoms with van der Waals surface area (Å²) in [6.45, 7) is 2.26. The van der Waals surface area contributed by atoms with Crippen molar-refractivity contribution in [2.45, 2.75) is 45.2 Å². The summed E-state index contributed by atoms with van der Waals surface area (Å²) in [7, 11) is 0. The Bertz CT molecular complexity index is 418. The molecule has 0 radical (unpaired) electrons. The zero-order valence-electron chi connectivity index (χ0n) is 11.4. The van der Waals surface area contributed by atoms with Gasteiger partial charge in [0.15, 0.2) is 6.17 Å². The molecule has 3 unspecified atom stereocenters. The second-order valence-electron chi connectivity index (χ2n) is 5.82. The van der Waals surface area contributed by atoms with Gasteiger partial charge in [-0.15, -0.1) is 5.53 Å². The van der Waals surface area contributed by atoms with Gasteiger partial charge in [-0.2, -0.15) is 0 Å². The van der Waals surface area contributed by atoms with Gasteiger partial charge in [0.2, 0.25) is 5.91 Å². The van der Waals surface area contributed by atoms with Gasteiger partial charge in [0, 0.05) is 5.92 Å². The lowest BCUT2D eigenvalue weighted by atomic mass is 9.93. The van der Waals surface area contributed by atoms with Crippen molar-refractivity contribution in [3.05, 3.63) is 24.0 Å². The number of hydrogen-bond donors (Lipinski definition) is 3. The minimum atomic E-state index is -0.0870. The van der Waals surface area contributed by atoms with Gasteiger partial charge in [0.05, 0.1) is 5.70 Å². The van der Waals surface area contributed by atoms with E-state index in [0.29, 0.717) is 5.92 Å². The Balaban J connectivity index is 1.70. The summed E-state index contributed by atoms with van der Waals surface area (Å²) in [5.41, 5.74) is 7.05. The maximum absolute atomic E-state index is 12.7. The van der Waals surface area contributed by atoms with E-state index in [1.165, 1.54) is 19.3 Å². The molecular weight excluding hydrogens is 240 g/mol. The standard InChI is InChI=1S/C14H22N4O/c1-10-5-2-3-6-11(9-10)14(19)18-13-12(16-17-18)7-4-8-15-13/h4,7-8,10-11,13,15-17H,2-3,5-6,9H2,1H3. The van der Waals surface area contributed by atoms with E-state index in [-0.39, 0.29) is 18.0 Å². The molecular formula is C14H22N4O. The van der Waals surface area contributed by atoms with Gasteiger partial charge < -0.3 is 10.7 Å². The van der Waals surface area contributed by atoms with Crippen LogP contribution in [0.15, 0.2) is 24.0 Å². The van der Waals surface area contributed by atoms with Crippen LogP contribution in [-0.4, -0.2) is 17.1 Å². The highest BCUT2D eigenvalue weighted by Crippen LogP contribution is 2.29. The van der Waals surface area contributed by atoms with Crippen LogP contribution in [0.5, 0.6) is 0 Å². The van der Waals surface area contributed by atoms with Crippen LogP contribution in [0.25, 0.3) is 0 Å². The third kappa shape index (κ3) is 2.47. The summed E-state index contributed by atoms with van der Waals surface area (Å²) in [5, 5.41) is 4.92. The molecule has 3 aliphatic rings. The van der Waals surface area contributed by atoms with E-state index in [0.717, 1.165) is 18.5 Å². The predicted molar refractivity (Wildman–Crippen MR) is 73.0 cm³/mol. The molecule has 2 fully saturated rings. The lowest BCUT2D eigenvalue weighted by molar-refractivity contribution is -0.140. The fourth-order valence-corrected chi connectivity index (χ4v) is 3.20. The fraction of sp³-hybridized carbons (Fsp3) is 0.643. The highest BCUT2D eigenvalue weighted by atomic mass is 16.2. The van der Waals surface area contributed by atoms with Crippen LogP contribution in [0.3, 0.4) is 0 Å². The predicted octanol–water partition coefficient (Wildman–Crippen LogP) is 1.38. The molecule has 5 heteroatoms. The first-order valence-corrected chi connectivity index (χ1v) is 7.23. The van der Waals surface area contributed by atoms with Gasteiger partial charge in [0.25, 0.3) is 0 Å². The molecule has 19 heavy (non-hydrogen) atoms. The van der Waals surface area contributed by atoms with Crippen LogP contribution >= 0.6 is 0 Å². The summed E-state index contributed by atoms with van der Waals surface area (Å²) >= 11 is 0. The van der Waals surface area contributed by atoms with Crippen LogP contribution in [0, 0.1) is 11.8 Å². The molecule has 0 aromatic carbocycles.